The Bertz CT molecular complexity index is 3670. The number of hydrogen-bond donors (Lipinski definition) is 0. The molecule has 58 heavy (non-hydrogen) atoms. The van der Waals surface area contributed by atoms with Crippen molar-refractivity contribution in [3.8, 4) is 45.5 Å². The fourth-order valence-corrected chi connectivity index (χ4v) is 10.1. The maximum Gasteiger partial charge on any atom is 0.164 e. The highest BCUT2D eigenvalue weighted by molar-refractivity contribution is 7.99. The molecule has 0 fully saturated rings. The molecule has 0 N–H and O–H groups in total. The molecule has 0 amide bonds. The van der Waals surface area contributed by atoms with E-state index < -0.39 is 0 Å². The van der Waals surface area contributed by atoms with E-state index in [1.165, 1.54) is 37.2 Å². The molecule has 5 heterocycles. The Hall–Kier alpha value is -7.48. The van der Waals surface area contributed by atoms with Crippen molar-refractivity contribution in [2.45, 2.75) is 9.79 Å². The summed E-state index contributed by atoms with van der Waals surface area (Å²) in [5.41, 5.74) is 10.3. The molecule has 0 bridgehead atoms. The zero-order valence-corrected chi connectivity index (χ0v) is 31.6. The van der Waals surface area contributed by atoms with Crippen LogP contribution in [-0.4, -0.2) is 24.1 Å². The van der Waals surface area contributed by atoms with Gasteiger partial charge in [-0.3, -0.25) is 9.13 Å². The third-order valence-electron chi connectivity index (χ3n) is 11.6. The highest BCUT2D eigenvalue weighted by Crippen LogP contribution is 2.50. The Labute approximate surface area is 335 Å². The highest BCUT2D eigenvalue weighted by atomic mass is 32.2. The van der Waals surface area contributed by atoms with Crippen LogP contribution in [-0.2, 0) is 0 Å². The predicted molar refractivity (Wildman–Crippen MR) is 236 cm³/mol. The maximum absolute atomic E-state index is 6.17. The van der Waals surface area contributed by atoms with Crippen molar-refractivity contribution in [3.05, 3.63) is 176 Å². The molecule has 0 unspecified atom stereocenters. The van der Waals surface area contributed by atoms with E-state index in [2.05, 4.69) is 137 Å². The number of benzene rings is 8. The Morgan fingerprint density at radius 1 is 0.414 bits per heavy atom. The van der Waals surface area contributed by atoms with E-state index in [0.717, 1.165) is 66.3 Å². The second kappa shape index (κ2) is 12.0. The lowest BCUT2D eigenvalue weighted by Crippen LogP contribution is -2.06. The first kappa shape index (κ1) is 31.7. The van der Waals surface area contributed by atoms with Gasteiger partial charge in [0.2, 0.25) is 0 Å². The Balaban J connectivity index is 1.08. The summed E-state index contributed by atoms with van der Waals surface area (Å²) in [6, 6.07) is 61.8. The fourth-order valence-electron chi connectivity index (χ4n) is 9.05. The van der Waals surface area contributed by atoms with E-state index in [-0.39, 0.29) is 0 Å². The van der Waals surface area contributed by atoms with Gasteiger partial charge in [-0.15, -0.1) is 0 Å². The Morgan fingerprint density at radius 2 is 1.09 bits per heavy atom. The molecule has 0 atom stereocenters. The zero-order valence-electron chi connectivity index (χ0n) is 30.8. The van der Waals surface area contributed by atoms with Gasteiger partial charge < -0.3 is 4.42 Å². The van der Waals surface area contributed by atoms with E-state index >= 15 is 0 Å². The van der Waals surface area contributed by atoms with Crippen molar-refractivity contribution < 1.29 is 4.42 Å². The molecule has 1 aliphatic rings. The summed E-state index contributed by atoms with van der Waals surface area (Å²) in [6.07, 6.45) is 0. The molecule has 8 aromatic carbocycles. The standard InChI is InChI=1S/C51H29N5OS/c1-2-13-30(14-3-1)48-52-49(31-25-28-43-38(29-31)34-17-7-10-22-42(34)57-43)54-50(53-48)35-26-27-40(33-16-5-4-15-32(33)35)55-39-20-8-6-18-36(39)46-37-19-12-24-45-47(37)56(51(46)55)41-21-9-11-23-44(41)58-45/h1-29H. The monoisotopic (exact) mass is 759 g/mol. The van der Waals surface area contributed by atoms with E-state index in [1.54, 1.807) is 0 Å². The molecule has 4 aromatic heterocycles. The third-order valence-corrected chi connectivity index (χ3v) is 12.7. The second-order valence-corrected chi connectivity index (χ2v) is 15.9. The Morgan fingerprint density at radius 3 is 1.98 bits per heavy atom. The molecular formula is C51H29N5OS. The number of rotatable bonds is 4. The minimum atomic E-state index is 0.605. The molecule has 7 heteroatoms. The fraction of sp³-hybridized carbons (Fsp3) is 0. The van der Waals surface area contributed by atoms with Crippen LogP contribution in [0.4, 0.5) is 0 Å². The lowest BCUT2D eigenvalue weighted by atomic mass is 10.0. The van der Waals surface area contributed by atoms with Crippen molar-refractivity contribution in [1.29, 1.82) is 0 Å². The van der Waals surface area contributed by atoms with Gasteiger partial charge in [-0.2, -0.15) is 0 Å². The molecule has 1 aliphatic heterocycles. The minimum Gasteiger partial charge on any atom is -0.456 e. The maximum atomic E-state index is 6.17. The van der Waals surface area contributed by atoms with Gasteiger partial charge >= 0.3 is 0 Å². The Kier molecular flexibility index (Phi) is 6.56. The number of furan rings is 1. The summed E-state index contributed by atoms with van der Waals surface area (Å²) in [5, 5.41) is 8.01. The summed E-state index contributed by atoms with van der Waals surface area (Å²) >= 11 is 1.85. The van der Waals surface area contributed by atoms with Crippen molar-refractivity contribution in [1.82, 2.24) is 24.1 Å². The van der Waals surface area contributed by atoms with Crippen molar-refractivity contribution >= 4 is 77.3 Å². The number of aromatic nitrogens is 5. The molecular weight excluding hydrogens is 731 g/mol. The van der Waals surface area contributed by atoms with Crippen LogP contribution in [0.3, 0.4) is 0 Å². The molecule has 270 valence electrons. The smallest absolute Gasteiger partial charge is 0.164 e. The van der Waals surface area contributed by atoms with Gasteiger partial charge in [0, 0.05) is 58.8 Å². The number of nitrogens with zero attached hydrogens (tertiary/aromatic N) is 5. The average molecular weight is 760 g/mol. The second-order valence-electron chi connectivity index (χ2n) is 14.8. The van der Waals surface area contributed by atoms with Crippen LogP contribution in [0.1, 0.15) is 0 Å². The quantitative estimate of drug-likeness (QED) is 0.179. The summed E-state index contributed by atoms with van der Waals surface area (Å²) in [7, 11) is 0. The van der Waals surface area contributed by atoms with E-state index in [0.29, 0.717) is 17.5 Å². The molecule has 0 saturated heterocycles. The molecule has 0 spiro atoms. The van der Waals surface area contributed by atoms with Crippen LogP contribution in [0.5, 0.6) is 0 Å². The average Bonchev–Trinajstić information content (AvgIpc) is 3.95. The van der Waals surface area contributed by atoms with Gasteiger partial charge in [0.25, 0.3) is 0 Å². The van der Waals surface area contributed by atoms with Crippen molar-refractivity contribution in [2.24, 2.45) is 0 Å². The molecule has 13 rings (SSSR count). The van der Waals surface area contributed by atoms with Gasteiger partial charge in [0.15, 0.2) is 17.5 Å². The normalized spacial score (nSPS) is 12.4. The third kappa shape index (κ3) is 4.47. The topological polar surface area (TPSA) is 61.7 Å². The van der Waals surface area contributed by atoms with Gasteiger partial charge in [0.05, 0.1) is 22.4 Å². The first-order chi connectivity index (χ1) is 28.8. The number of fused-ring (bicyclic) bond motifs is 11. The first-order valence-electron chi connectivity index (χ1n) is 19.4. The summed E-state index contributed by atoms with van der Waals surface area (Å²) in [5.74, 6) is 1.84. The lowest BCUT2D eigenvalue weighted by Gasteiger charge is -2.21. The minimum absolute atomic E-state index is 0.605. The van der Waals surface area contributed by atoms with Crippen LogP contribution in [0.2, 0.25) is 0 Å². The highest BCUT2D eigenvalue weighted by Gasteiger charge is 2.28. The SMILES string of the molecule is c1ccc(-c2nc(-c3ccc4oc5ccccc5c4c3)nc(-c3ccc(-n4c5ccccc5c5c6cccc7c6n(c54)-c4ccccc4S7)c4ccccc34)n2)cc1. The number of para-hydroxylation sites is 4. The van der Waals surface area contributed by atoms with Gasteiger partial charge in [-0.1, -0.05) is 127 Å². The van der Waals surface area contributed by atoms with Crippen LogP contribution < -0.4 is 0 Å². The van der Waals surface area contributed by atoms with Crippen molar-refractivity contribution in [2.75, 3.05) is 0 Å². The van der Waals surface area contributed by atoms with E-state index in [1.807, 2.05) is 60.3 Å². The molecule has 0 saturated carbocycles. The van der Waals surface area contributed by atoms with E-state index in [9.17, 15) is 0 Å². The van der Waals surface area contributed by atoms with Crippen LogP contribution >= 0.6 is 11.8 Å². The van der Waals surface area contributed by atoms with E-state index in [4.69, 9.17) is 19.4 Å². The molecule has 0 radical (unpaired) electrons. The zero-order chi connectivity index (χ0) is 37.9. The first-order valence-corrected chi connectivity index (χ1v) is 20.2. The number of hydrogen-bond acceptors (Lipinski definition) is 5. The molecule has 6 nitrogen and oxygen atoms in total. The summed E-state index contributed by atoms with van der Waals surface area (Å²) in [6.45, 7) is 0. The lowest BCUT2D eigenvalue weighted by molar-refractivity contribution is 0.669. The summed E-state index contributed by atoms with van der Waals surface area (Å²) < 4.78 is 11.1. The van der Waals surface area contributed by atoms with Gasteiger partial charge in [-0.25, -0.2) is 15.0 Å². The largest absolute Gasteiger partial charge is 0.456 e. The van der Waals surface area contributed by atoms with Crippen LogP contribution in [0.15, 0.2) is 190 Å². The van der Waals surface area contributed by atoms with Gasteiger partial charge in [-0.05, 0) is 66.0 Å². The molecule has 12 aromatic rings. The summed E-state index contributed by atoms with van der Waals surface area (Å²) in [4.78, 5) is 18.0. The van der Waals surface area contributed by atoms with Gasteiger partial charge in [0.1, 0.15) is 16.8 Å². The van der Waals surface area contributed by atoms with Crippen molar-refractivity contribution in [3.63, 3.8) is 0 Å². The molecule has 0 aliphatic carbocycles. The predicted octanol–water partition coefficient (Wildman–Crippen LogP) is 13.4. The van der Waals surface area contributed by atoms with Crippen LogP contribution in [0, 0.1) is 0 Å². The van der Waals surface area contributed by atoms with Crippen LogP contribution in [0.25, 0.3) is 111 Å².